The SMILES string of the molecule is Cc1cccc(S)c1OC(=O)c1ccccc1. The third-order valence-electron chi connectivity index (χ3n) is 2.40. The third-order valence-corrected chi connectivity index (χ3v) is 2.75. The summed E-state index contributed by atoms with van der Waals surface area (Å²) in [5, 5.41) is 0. The maximum atomic E-state index is 11.9. The fourth-order valence-electron chi connectivity index (χ4n) is 1.50. The minimum atomic E-state index is -0.366. The second-order valence-electron chi connectivity index (χ2n) is 3.68. The molecule has 3 heteroatoms. The van der Waals surface area contributed by atoms with Crippen molar-refractivity contribution in [3.8, 4) is 5.75 Å². The molecule has 0 aliphatic rings. The lowest BCUT2D eigenvalue weighted by Crippen LogP contribution is -2.09. The summed E-state index contributed by atoms with van der Waals surface area (Å²) in [6.07, 6.45) is 0. The summed E-state index contributed by atoms with van der Waals surface area (Å²) in [6.45, 7) is 1.88. The van der Waals surface area contributed by atoms with Gasteiger partial charge in [0.05, 0.1) is 5.56 Å². The van der Waals surface area contributed by atoms with Crippen LogP contribution in [0.5, 0.6) is 5.75 Å². The molecule has 2 aromatic carbocycles. The molecule has 86 valence electrons. The van der Waals surface area contributed by atoms with Crippen molar-refractivity contribution < 1.29 is 9.53 Å². The zero-order valence-electron chi connectivity index (χ0n) is 9.38. The van der Waals surface area contributed by atoms with Gasteiger partial charge < -0.3 is 4.74 Å². The Morgan fingerprint density at radius 2 is 1.76 bits per heavy atom. The molecule has 2 rings (SSSR count). The van der Waals surface area contributed by atoms with Crippen molar-refractivity contribution in [2.75, 3.05) is 0 Å². The highest BCUT2D eigenvalue weighted by atomic mass is 32.1. The van der Waals surface area contributed by atoms with Crippen LogP contribution in [-0.4, -0.2) is 5.97 Å². The standard InChI is InChI=1S/C14H12O2S/c1-10-6-5-9-12(17)13(10)16-14(15)11-7-3-2-4-8-11/h2-9,17H,1H3. The summed E-state index contributed by atoms with van der Waals surface area (Å²) in [4.78, 5) is 12.5. The van der Waals surface area contributed by atoms with Gasteiger partial charge in [-0.15, -0.1) is 12.6 Å². The number of para-hydroxylation sites is 1. The van der Waals surface area contributed by atoms with E-state index in [1.54, 1.807) is 30.3 Å². The molecule has 0 unspecified atom stereocenters. The molecule has 2 aromatic rings. The highest BCUT2D eigenvalue weighted by Gasteiger charge is 2.11. The van der Waals surface area contributed by atoms with E-state index in [1.165, 1.54) is 0 Å². The van der Waals surface area contributed by atoms with Crippen molar-refractivity contribution in [2.24, 2.45) is 0 Å². The van der Waals surface area contributed by atoms with Crippen LogP contribution in [0.4, 0.5) is 0 Å². The number of benzene rings is 2. The number of carbonyl (C=O) groups excluding carboxylic acids is 1. The first-order valence-corrected chi connectivity index (χ1v) is 5.69. The van der Waals surface area contributed by atoms with Crippen molar-refractivity contribution in [2.45, 2.75) is 11.8 Å². The number of hydrogen-bond donors (Lipinski definition) is 1. The monoisotopic (exact) mass is 244 g/mol. The molecule has 0 N–H and O–H groups in total. The maximum Gasteiger partial charge on any atom is 0.343 e. The Bertz CT molecular complexity index is 515. The molecule has 0 saturated carbocycles. The molecule has 0 fully saturated rings. The Labute approximate surface area is 106 Å². The highest BCUT2D eigenvalue weighted by molar-refractivity contribution is 7.80. The predicted molar refractivity (Wildman–Crippen MR) is 69.8 cm³/mol. The molecular weight excluding hydrogens is 232 g/mol. The number of hydrogen-bond acceptors (Lipinski definition) is 3. The van der Waals surface area contributed by atoms with E-state index in [2.05, 4.69) is 12.6 Å². The van der Waals surface area contributed by atoms with Gasteiger partial charge in [-0.05, 0) is 30.7 Å². The number of thiol groups is 1. The van der Waals surface area contributed by atoms with Crippen LogP contribution in [0.3, 0.4) is 0 Å². The largest absolute Gasteiger partial charge is 0.421 e. The summed E-state index contributed by atoms with van der Waals surface area (Å²) in [7, 11) is 0. The van der Waals surface area contributed by atoms with Crippen LogP contribution in [-0.2, 0) is 0 Å². The van der Waals surface area contributed by atoms with Gasteiger partial charge >= 0.3 is 5.97 Å². The first kappa shape index (κ1) is 11.7. The van der Waals surface area contributed by atoms with Crippen LogP contribution in [0, 0.1) is 6.92 Å². The smallest absolute Gasteiger partial charge is 0.343 e. The summed E-state index contributed by atoms with van der Waals surface area (Å²) < 4.78 is 5.35. The first-order valence-electron chi connectivity index (χ1n) is 5.24. The molecule has 0 atom stereocenters. The van der Waals surface area contributed by atoms with Crippen molar-refractivity contribution in [3.05, 3.63) is 59.7 Å². The van der Waals surface area contributed by atoms with E-state index >= 15 is 0 Å². The summed E-state index contributed by atoms with van der Waals surface area (Å²) in [5.74, 6) is 0.153. The molecule has 0 spiro atoms. The van der Waals surface area contributed by atoms with E-state index in [0.717, 1.165) is 5.56 Å². The zero-order chi connectivity index (χ0) is 12.3. The minimum absolute atomic E-state index is 0.366. The number of rotatable bonds is 2. The fourth-order valence-corrected chi connectivity index (χ4v) is 1.80. The molecule has 0 bridgehead atoms. The second kappa shape index (κ2) is 5.06. The number of esters is 1. The molecule has 0 aliphatic heterocycles. The Morgan fingerprint density at radius 3 is 2.41 bits per heavy atom. The van der Waals surface area contributed by atoms with Gasteiger partial charge in [0.1, 0.15) is 5.75 Å². The quantitative estimate of drug-likeness (QED) is 0.497. The van der Waals surface area contributed by atoms with E-state index in [4.69, 9.17) is 4.74 Å². The minimum Gasteiger partial charge on any atom is -0.421 e. The summed E-state index contributed by atoms with van der Waals surface area (Å²) in [6, 6.07) is 14.5. The molecule has 0 radical (unpaired) electrons. The zero-order valence-corrected chi connectivity index (χ0v) is 10.3. The van der Waals surface area contributed by atoms with E-state index in [9.17, 15) is 4.79 Å². The number of ether oxygens (including phenoxy) is 1. The average Bonchev–Trinajstić information content (AvgIpc) is 2.35. The van der Waals surface area contributed by atoms with Gasteiger partial charge in [-0.25, -0.2) is 4.79 Å². The molecule has 0 aromatic heterocycles. The lowest BCUT2D eigenvalue weighted by molar-refractivity contribution is 0.0729. The van der Waals surface area contributed by atoms with Gasteiger partial charge in [0.2, 0.25) is 0 Å². The van der Waals surface area contributed by atoms with Crippen LogP contribution in [0.1, 0.15) is 15.9 Å². The summed E-state index contributed by atoms with van der Waals surface area (Å²) >= 11 is 4.28. The Morgan fingerprint density at radius 1 is 1.06 bits per heavy atom. The van der Waals surface area contributed by atoms with E-state index < -0.39 is 0 Å². The van der Waals surface area contributed by atoms with Crippen LogP contribution in [0.25, 0.3) is 0 Å². The molecule has 0 aliphatic carbocycles. The maximum absolute atomic E-state index is 11.9. The van der Waals surface area contributed by atoms with Crippen molar-refractivity contribution in [1.82, 2.24) is 0 Å². The second-order valence-corrected chi connectivity index (χ2v) is 4.16. The van der Waals surface area contributed by atoms with Crippen LogP contribution >= 0.6 is 12.6 Å². The van der Waals surface area contributed by atoms with Crippen molar-refractivity contribution in [3.63, 3.8) is 0 Å². The number of carbonyl (C=O) groups is 1. The fraction of sp³-hybridized carbons (Fsp3) is 0.0714. The van der Waals surface area contributed by atoms with E-state index in [-0.39, 0.29) is 5.97 Å². The molecule has 17 heavy (non-hydrogen) atoms. The topological polar surface area (TPSA) is 26.3 Å². The van der Waals surface area contributed by atoms with E-state index in [0.29, 0.717) is 16.2 Å². The van der Waals surface area contributed by atoms with Crippen LogP contribution in [0.15, 0.2) is 53.4 Å². The normalized spacial score (nSPS) is 10.0. The van der Waals surface area contributed by atoms with Gasteiger partial charge in [0, 0.05) is 4.90 Å². The van der Waals surface area contributed by atoms with Gasteiger partial charge in [0.15, 0.2) is 0 Å². The lowest BCUT2D eigenvalue weighted by Gasteiger charge is -2.09. The predicted octanol–water partition coefficient (Wildman–Crippen LogP) is 3.50. The number of aryl methyl sites for hydroxylation is 1. The highest BCUT2D eigenvalue weighted by Crippen LogP contribution is 2.27. The summed E-state index contributed by atoms with van der Waals surface area (Å²) in [5.41, 5.74) is 1.42. The Kier molecular flexibility index (Phi) is 3.49. The molecule has 2 nitrogen and oxygen atoms in total. The van der Waals surface area contributed by atoms with Gasteiger partial charge in [0.25, 0.3) is 0 Å². The molecule has 0 heterocycles. The van der Waals surface area contributed by atoms with Crippen LogP contribution < -0.4 is 4.74 Å². The van der Waals surface area contributed by atoms with E-state index in [1.807, 2.05) is 25.1 Å². The lowest BCUT2D eigenvalue weighted by atomic mass is 10.2. The van der Waals surface area contributed by atoms with Gasteiger partial charge in [-0.3, -0.25) is 0 Å². The Balaban J connectivity index is 2.25. The molecule has 0 amide bonds. The Hall–Kier alpha value is -1.74. The van der Waals surface area contributed by atoms with Gasteiger partial charge in [-0.1, -0.05) is 30.3 Å². The van der Waals surface area contributed by atoms with Gasteiger partial charge in [-0.2, -0.15) is 0 Å². The van der Waals surface area contributed by atoms with Crippen LogP contribution in [0.2, 0.25) is 0 Å². The first-order chi connectivity index (χ1) is 8.18. The molecular formula is C14H12O2S. The molecule has 0 saturated heterocycles. The average molecular weight is 244 g/mol. The third kappa shape index (κ3) is 2.68. The van der Waals surface area contributed by atoms with Crippen molar-refractivity contribution >= 4 is 18.6 Å². The van der Waals surface area contributed by atoms with Crippen molar-refractivity contribution in [1.29, 1.82) is 0 Å².